The predicted molar refractivity (Wildman–Crippen MR) is 61.7 cm³/mol. The quantitative estimate of drug-likeness (QED) is 0.312. The second-order valence-electron chi connectivity index (χ2n) is 4.84. The second kappa shape index (κ2) is 4.52. The summed E-state index contributed by atoms with van der Waals surface area (Å²) >= 11 is 0. The number of hydrogen-bond acceptors (Lipinski definition) is 4. The molecule has 17 heavy (non-hydrogen) atoms. The molecule has 2 rings (SSSR count). The SMILES string of the molecule is CC1COCCN1C(=O)C1(C(N)=NO)CCC1. The van der Waals surface area contributed by atoms with Gasteiger partial charge in [-0.1, -0.05) is 11.6 Å². The van der Waals surface area contributed by atoms with Gasteiger partial charge in [-0.05, 0) is 19.8 Å². The molecular formula is C11H19N3O3. The van der Waals surface area contributed by atoms with E-state index in [0.717, 1.165) is 6.42 Å². The first kappa shape index (κ1) is 12.2. The number of carbonyl (C=O) groups excluding carboxylic acids is 1. The number of amides is 1. The van der Waals surface area contributed by atoms with Crippen LogP contribution in [-0.2, 0) is 9.53 Å². The first-order valence-electron chi connectivity index (χ1n) is 5.98. The molecule has 96 valence electrons. The Kier molecular flexibility index (Phi) is 3.24. The topological polar surface area (TPSA) is 88.2 Å². The highest BCUT2D eigenvalue weighted by molar-refractivity contribution is 6.07. The molecule has 0 aromatic heterocycles. The van der Waals surface area contributed by atoms with E-state index in [-0.39, 0.29) is 17.8 Å². The van der Waals surface area contributed by atoms with E-state index < -0.39 is 5.41 Å². The van der Waals surface area contributed by atoms with Gasteiger partial charge in [-0.2, -0.15) is 0 Å². The van der Waals surface area contributed by atoms with Crippen molar-refractivity contribution in [3.63, 3.8) is 0 Å². The lowest BCUT2D eigenvalue weighted by Gasteiger charge is -2.45. The fraction of sp³-hybridized carbons (Fsp3) is 0.818. The van der Waals surface area contributed by atoms with Crippen LogP contribution in [0, 0.1) is 5.41 Å². The third-order valence-corrected chi connectivity index (χ3v) is 3.84. The van der Waals surface area contributed by atoms with Crippen molar-refractivity contribution in [2.45, 2.75) is 32.2 Å². The molecule has 6 heteroatoms. The van der Waals surface area contributed by atoms with Crippen molar-refractivity contribution in [1.29, 1.82) is 0 Å². The molecule has 3 N–H and O–H groups in total. The second-order valence-corrected chi connectivity index (χ2v) is 4.84. The molecule has 0 aromatic rings. The van der Waals surface area contributed by atoms with Crippen molar-refractivity contribution in [1.82, 2.24) is 4.90 Å². The summed E-state index contributed by atoms with van der Waals surface area (Å²) in [5, 5.41) is 11.9. The number of rotatable bonds is 2. The normalized spacial score (nSPS) is 28.6. The molecule has 1 unspecified atom stereocenters. The van der Waals surface area contributed by atoms with E-state index in [4.69, 9.17) is 15.7 Å². The van der Waals surface area contributed by atoms with Gasteiger partial charge in [-0.25, -0.2) is 0 Å². The molecule has 2 fully saturated rings. The van der Waals surface area contributed by atoms with Gasteiger partial charge in [-0.3, -0.25) is 4.79 Å². The van der Waals surface area contributed by atoms with E-state index in [1.807, 2.05) is 6.92 Å². The summed E-state index contributed by atoms with van der Waals surface area (Å²) in [5.74, 6) is 0.0299. The molecule has 0 spiro atoms. The summed E-state index contributed by atoms with van der Waals surface area (Å²) < 4.78 is 5.31. The lowest BCUT2D eigenvalue weighted by molar-refractivity contribution is -0.150. The van der Waals surface area contributed by atoms with Gasteiger partial charge in [-0.15, -0.1) is 0 Å². The van der Waals surface area contributed by atoms with Gasteiger partial charge in [0, 0.05) is 6.54 Å². The van der Waals surface area contributed by atoms with Crippen LogP contribution in [0.25, 0.3) is 0 Å². The van der Waals surface area contributed by atoms with E-state index in [9.17, 15) is 4.79 Å². The van der Waals surface area contributed by atoms with Crippen molar-refractivity contribution in [2.75, 3.05) is 19.8 Å². The Balaban J connectivity index is 2.17. The number of morpholine rings is 1. The van der Waals surface area contributed by atoms with Crippen molar-refractivity contribution >= 4 is 11.7 Å². The van der Waals surface area contributed by atoms with Crippen LogP contribution in [0.2, 0.25) is 0 Å². The van der Waals surface area contributed by atoms with Gasteiger partial charge >= 0.3 is 0 Å². The number of nitrogens with zero attached hydrogens (tertiary/aromatic N) is 2. The standard InChI is InChI=1S/C11H19N3O3/c1-8-7-17-6-5-14(8)10(15)11(3-2-4-11)9(12)13-16/h8,16H,2-7H2,1H3,(H2,12,13). The molecule has 1 aliphatic heterocycles. The van der Waals surface area contributed by atoms with Crippen LogP contribution in [0.1, 0.15) is 26.2 Å². The summed E-state index contributed by atoms with van der Waals surface area (Å²) in [7, 11) is 0. The van der Waals surface area contributed by atoms with Gasteiger partial charge in [0.15, 0.2) is 5.84 Å². The third kappa shape index (κ3) is 1.86. The zero-order valence-corrected chi connectivity index (χ0v) is 10.1. The van der Waals surface area contributed by atoms with E-state index in [2.05, 4.69) is 5.16 Å². The van der Waals surface area contributed by atoms with E-state index in [1.54, 1.807) is 4.90 Å². The lowest BCUT2D eigenvalue weighted by Crippen LogP contribution is -2.59. The fourth-order valence-corrected chi connectivity index (χ4v) is 2.51. The van der Waals surface area contributed by atoms with Crippen LogP contribution in [0.5, 0.6) is 0 Å². The maximum absolute atomic E-state index is 12.5. The Morgan fingerprint density at radius 1 is 1.59 bits per heavy atom. The van der Waals surface area contributed by atoms with Crippen LogP contribution < -0.4 is 5.73 Å². The van der Waals surface area contributed by atoms with E-state index >= 15 is 0 Å². The molecule has 6 nitrogen and oxygen atoms in total. The molecule has 0 radical (unpaired) electrons. The van der Waals surface area contributed by atoms with E-state index in [0.29, 0.717) is 32.6 Å². The first-order chi connectivity index (χ1) is 8.12. The summed E-state index contributed by atoms with van der Waals surface area (Å²) in [6, 6.07) is 0.0558. The molecule has 1 heterocycles. The molecule has 0 aromatic carbocycles. The van der Waals surface area contributed by atoms with Crippen LogP contribution in [0.15, 0.2) is 5.16 Å². The molecule has 0 bridgehead atoms. The number of oxime groups is 1. The van der Waals surface area contributed by atoms with Gasteiger partial charge in [0.05, 0.1) is 19.3 Å². The Labute approximate surface area is 100 Å². The predicted octanol–water partition coefficient (Wildman–Crippen LogP) is 0.150. The molecule has 1 saturated carbocycles. The average Bonchev–Trinajstić information content (AvgIpc) is 2.27. The monoisotopic (exact) mass is 241 g/mol. The first-order valence-corrected chi connectivity index (χ1v) is 5.98. The molecule has 1 amide bonds. The number of nitrogens with two attached hydrogens (primary N) is 1. The zero-order chi connectivity index (χ0) is 12.5. The summed E-state index contributed by atoms with van der Waals surface area (Å²) in [5.41, 5.74) is 4.92. The molecule has 1 saturated heterocycles. The van der Waals surface area contributed by atoms with Crippen LogP contribution in [-0.4, -0.2) is 47.7 Å². The van der Waals surface area contributed by atoms with Crippen molar-refractivity contribution in [3.05, 3.63) is 0 Å². The van der Waals surface area contributed by atoms with Crippen molar-refractivity contribution < 1.29 is 14.7 Å². The highest BCUT2D eigenvalue weighted by Crippen LogP contribution is 2.43. The molecule has 1 aliphatic carbocycles. The highest BCUT2D eigenvalue weighted by Gasteiger charge is 2.51. The fourth-order valence-electron chi connectivity index (χ4n) is 2.51. The number of carbonyl (C=O) groups is 1. The molecular weight excluding hydrogens is 222 g/mol. The number of hydrogen-bond donors (Lipinski definition) is 2. The minimum absolute atomic E-state index is 0.0187. The van der Waals surface area contributed by atoms with Crippen LogP contribution in [0.3, 0.4) is 0 Å². The van der Waals surface area contributed by atoms with Crippen LogP contribution in [0.4, 0.5) is 0 Å². The summed E-state index contributed by atoms with van der Waals surface area (Å²) in [6.07, 6.45) is 2.29. The zero-order valence-electron chi connectivity index (χ0n) is 10.1. The van der Waals surface area contributed by atoms with Gasteiger partial charge < -0.3 is 20.6 Å². The Morgan fingerprint density at radius 3 is 2.76 bits per heavy atom. The largest absolute Gasteiger partial charge is 0.409 e. The van der Waals surface area contributed by atoms with Gasteiger partial charge in [0.1, 0.15) is 5.41 Å². The Hall–Kier alpha value is -1.30. The maximum Gasteiger partial charge on any atom is 0.236 e. The Bertz CT molecular complexity index is 339. The highest BCUT2D eigenvalue weighted by atomic mass is 16.5. The average molecular weight is 241 g/mol. The van der Waals surface area contributed by atoms with Crippen LogP contribution >= 0.6 is 0 Å². The van der Waals surface area contributed by atoms with E-state index in [1.165, 1.54) is 0 Å². The summed E-state index contributed by atoms with van der Waals surface area (Å²) in [6.45, 7) is 3.65. The number of ether oxygens (including phenoxy) is 1. The smallest absolute Gasteiger partial charge is 0.236 e. The van der Waals surface area contributed by atoms with Crippen molar-refractivity contribution in [3.8, 4) is 0 Å². The van der Waals surface area contributed by atoms with Gasteiger partial charge in [0.25, 0.3) is 0 Å². The minimum Gasteiger partial charge on any atom is -0.409 e. The molecule has 1 atom stereocenters. The van der Waals surface area contributed by atoms with Gasteiger partial charge in [0.2, 0.25) is 5.91 Å². The Morgan fingerprint density at radius 2 is 2.29 bits per heavy atom. The maximum atomic E-state index is 12.5. The third-order valence-electron chi connectivity index (χ3n) is 3.84. The van der Waals surface area contributed by atoms with Crippen molar-refractivity contribution in [2.24, 2.45) is 16.3 Å². The number of amidine groups is 1. The summed E-state index contributed by atoms with van der Waals surface area (Å²) in [4.78, 5) is 14.3. The lowest BCUT2D eigenvalue weighted by atomic mass is 9.66. The molecule has 2 aliphatic rings. The minimum atomic E-state index is -0.764.